The van der Waals surface area contributed by atoms with Gasteiger partial charge in [-0.3, -0.25) is 14.9 Å². The lowest BCUT2D eigenvalue weighted by Gasteiger charge is -2.07. The van der Waals surface area contributed by atoms with Crippen LogP contribution in [-0.2, 0) is 10.5 Å². The van der Waals surface area contributed by atoms with Crippen molar-refractivity contribution in [1.82, 2.24) is 0 Å². The Bertz CT molecular complexity index is 480. The Morgan fingerprint density at radius 1 is 1.58 bits per heavy atom. The van der Waals surface area contributed by atoms with Crippen LogP contribution in [-0.4, -0.2) is 34.9 Å². The average molecular weight is 286 g/mol. The van der Waals surface area contributed by atoms with Crippen molar-refractivity contribution in [2.45, 2.75) is 11.8 Å². The van der Waals surface area contributed by atoms with E-state index in [4.69, 9.17) is 15.6 Å². The van der Waals surface area contributed by atoms with Crippen LogP contribution in [0.25, 0.3) is 0 Å². The van der Waals surface area contributed by atoms with Crippen molar-refractivity contribution in [2.24, 2.45) is 5.73 Å². The van der Waals surface area contributed by atoms with Gasteiger partial charge in [-0.1, -0.05) is 0 Å². The second-order valence-corrected chi connectivity index (χ2v) is 4.79. The first-order valence-electron chi connectivity index (χ1n) is 5.32. The number of methoxy groups -OCH3 is 1. The summed E-state index contributed by atoms with van der Waals surface area (Å²) in [5, 5.41) is 19.4. The van der Waals surface area contributed by atoms with E-state index in [1.807, 2.05) is 0 Å². The molecule has 3 N–H and O–H groups in total. The van der Waals surface area contributed by atoms with Crippen molar-refractivity contribution in [3.8, 4) is 5.75 Å². The van der Waals surface area contributed by atoms with E-state index in [-0.39, 0.29) is 11.4 Å². The highest BCUT2D eigenvalue weighted by molar-refractivity contribution is 7.98. The molecule has 0 aliphatic heterocycles. The van der Waals surface area contributed by atoms with Crippen LogP contribution in [0.15, 0.2) is 18.2 Å². The zero-order chi connectivity index (χ0) is 14.4. The summed E-state index contributed by atoms with van der Waals surface area (Å²) in [6.07, 6.45) is 0. The van der Waals surface area contributed by atoms with E-state index in [0.717, 1.165) is 0 Å². The number of benzene rings is 1. The normalized spacial score (nSPS) is 11.9. The highest BCUT2D eigenvalue weighted by atomic mass is 32.2. The molecular weight excluding hydrogens is 272 g/mol. The van der Waals surface area contributed by atoms with Gasteiger partial charge in [-0.25, -0.2) is 0 Å². The van der Waals surface area contributed by atoms with Crippen molar-refractivity contribution in [3.05, 3.63) is 33.9 Å². The Kier molecular flexibility index (Phi) is 5.58. The molecule has 0 saturated heterocycles. The molecule has 1 rings (SSSR count). The first-order valence-corrected chi connectivity index (χ1v) is 6.48. The Balaban J connectivity index is 2.70. The minimum Gasteiger partial charge on any atom is -0.496 e. The molecule has 0 aromatic heterocycles. The van der Waals surface area contributed by atoms with Gasteiger partial charge >= 0.3 is 5.97 Å². The molecule has 7 nitrogen and oxygen atoms in total. The summed E-state index contributed by atoms with van der Waals surface area (Å²) in [4.78, 5) is 20.8. The molecule has 1 aromatic carbocycles. The van der Waals surface area contributed by atoms with E-state index in [2.05, 4.69) is 0 Å². The predicted octanol–water partition coefficient (Wildman–Crippen LogP) is 1.25. The lowest BCUT2D eigenvalue weighted by molar-refractivity contribution is -0.385. The molecule has 0 heterocycles. The van der Waals surface area contributed by atoms with Crippen LogP contribution in [0.1, 0.15) is 5.56 Å². The van der Waals surface area contributed by atoms with Crippen molar-refractivity contribution in [1.29, 1.82) is 0 Å². The summed E-state index contributed by atoms with van der Waals surface area (Å²) in [5.41, 5.74) is 5.99. The van der Waals surface area contributed by atoms with Gasteiger partial charge in [0.1, 0.15) is 11.8 Å². The Labute approximate surface area is 113 Å². The maximum Gasteiger partial charge on any atom is 0.321 e. The molecule has 0 fully saturated rings. The van der Waals surface area contributed by atoms with Crippen LogP contribution in [0.4, 0.5) is 5.69 Å². The molecule has 0 aliphatic rings. The number of carboxylic acids is 1. The average Bonchev–Trinajstić information content (AvgIpc) is 2.37. The lowest BCUT2D eigenvalue weighted by Crippen LogP contribution is -2.32. The summed E-state index contributed by atoms with van der Waals surface area (Å²) < 4.78 is 4.98. The Morgan fingerprint density at radius 3 is 2.79 bits per heavy atom. The summed E-state index contributed by atoms with van der Waals surface area (Å²) >= 11 is 1.30. The fourth-order valence-electron chi connectivity index (χ4n) is 1.33. The molecule has 0 amide bonds. The van der Waals surface area contributed by atoms with Gasteiger partial charge in [-0.05, 0) is 11.6 Å². The first-order chi connectivity index (χ1) is 8.93. The smallest absolute Gasteiger partial charge is 0.321 e. The molecule has 0 saturated carbocycles. The van der Waals surface area contributed by atoms with Gasteiger partial charge in [0, 0.05) is 17.6 Å². The van der Waals surface area contributed by atoms with Crippen LogP contribution in [0.3, 0.4) is 0 Å². The molecule has 1 atom stereocenters. The fourth-order valence-corrected chi connectivity index (χ4v) is 2.24. The molecule has 104 valence electrons. The lowest BCUT2D eigenvalue weighted by atomic mass is 10.2. The second-order valence-electron chi connectivity index (χ2n) is 3.76. The maximum atomic E-state index is 10.7. The zero-order valence-electron chi connectivity index (χ0n) is 10.2. The number of aliphatic carboxylic acids is 1. The number of rotatable bonds is 7. The topological polar surface area (TPSA) is 116 Å². The molecule has 8 heteroatoms. The highest BCUT2D eigenvalue weighted by Crippen LogP contribution is 2.25. The molecule has 1 aromatic rings. The maximum absolute atomic E-state index is 10.7. The number of thioether (sulfide) groups is 1. The van der Waals surface area contributed by atoms with E-state index in [9.17, 15) is 14.9 Å². The third kappa shape index (κ3) is 4.76. The van der Waals surface area contributed by atoms with Crippen LogP contribution in [0.2, 0.25) is 0 Å². The fraction of sp³-hybridized carbons (Fsp3) is 0.364. The number of nitro groups is 1. The SMILES string of the molecule is COc1cc(CSC[C@H](N)C(=O)O)cc([N+](=O)[O-])c1. The van der Waals surface area contributed by atoms with Crippen LogP contribution >= 0.6 is 11.8 Å². The number of ether oxygens (including phenoxy) is 1. The third-order valence-corrected chi connectivity index (χ3v) is 3.41. The molecule has 0 radical (unpaired) electrons. The van der Waals surface area contributed by atoms with Gasteiger partial charge < -0.3 is 15.6 Å². The zero-order valence-corrected chi connectivity index (χ0v) is 11.1. The number of hydrogen-bond donors (Lipinski definition) is 2. The van der Waals surface area contributed by atoms with Crippen LogP contribution < -0.4 is 10.5 Å². The van der Waals surface area contributed by atoms with E-state index >= 15 is 0 Å². The minimum atomic E-state index is -1.07. The Hall–Kier alpha value is -1.80. The van der Waals surface area contributed by atoms with Crippen molar-refractivity contribution < 1.29 is 19.6 Å². The third-order valence-electron chi connectivity index (χ3n) is 2.28. The predicted molar refractivity (Wildman–Crippen MR) is 71.4 cm³/mol. The van der Waals surface area contributed by atoms with E-state index < -0.39 is 16.9 Å². The first kappa shape index (κ1) is 15.3. The van der Waals surface area contributed by atoms with E-state index in [1.54, 1.807) is 6.07 Å². The monoisotopic (exact) mass is 286 g/mol. The van der Waals surface area contributed by atoms with Crippen molar-refractivity contribution >= 4 is 23.4 Å². The van der Waals surface area contributed by atoms with Gasteiger partial charge in [-0.15, -0.1) is 0 Å². The molecule has 0 spiro atoms. The number of carbonyl (C=O) groups is 1. The quantitative estimate of drug-likeness (QED) is 0.572. The van der Waals surface area contributed by atoms with Gasteiger partial charge in [0.2, 0.25) is 0 Å². The molecule has 19 heavy (non-hydrogen) atoms. The summed E-state index contributed by atoms with van der Waals surface area (Å²) in [7, 11) is 1.43. The number of carboxylic acid groups (broad SMARTS) is 1. The minimum absolute atomic E-state index is 0.0579. The van der Waals surface area contributed by atoms with Gasteiger partial charge in [0.15, 0.2) is 0 Å². The molecule has 0 unspecified atom stereocenters. The number of non-ortho nitro benzene ring substituents is 1. The Morgan fingerprint density at radius 2 is 2.26 bits per heavy atom. The summed E-state index contributed by atoms with van der Waals surface area (Å²) in [6, 6.07) is 3.50. The van der Waals surface area contributed by atoms with Gasteiger partial charge in [0.05, 0.1) is 18.1 Å². The summed E-state index contributed by atoms with van der Waals surface area (Å²) in [6.45, 7) is 0. The number of nitro benzene ring substituents is 1. The molecule has 0 aliphatic carbocycles. The highest BCUT2D eigenvalue weighted by Gasteiger charge is 2.13. The standard InChI is InChI=1S/C11H14N2O5S/c1-18-9-3-7(2-8(4-9)13(16)17)5-19-6-10(12)11(14)15/h2-4,10H,5-6,12H2,1H3,(H,14,15)/t10-/m0/s1. The van der Waals surface area contributed by atoms with E-state index in [1.165, 1.54) is 31.0 Å². The van der Waals surface area contributed by atoms with Gasteiger partial charge in [0.25, 0.3) is 5.69 Å². The van der Waals surface area contributed by atoms with Crippen molar-refractivity contribution in [3.63, 3.8) is 0 Å². The molecule has 0 bridgehead atoms. The summed E-state index contributed by atoms with van der Waals surface area (Å²) in [5.74, 6) is -0.00392. The van der Waals surface area contributed by atoms with Crippen LogP contribution in [0.5, 0.6) is 5.75 Å². The second kappa shape index (κ2) is 6.95. The number of hydrogen-bond acceptors (Lipinski definition) is 6. The molecular formula is C11H14N2O5S. The van der Waals surface area contributed by atoms with Crippen LogP contribution in [0, 0.1) is 10.1 Å². The number of nitrogens with two attached hydrogens (primary N) is 1. The van der Waals surface area contributed by atoms with E-state index in [0.29, 0.717) is 17.1 Å². The van der Waals surface area contributed by atoms with Crippen molar-refractivity contribution in [2.75, 3.05) is 12.9 Å². The largest absolute Gasteiger partial charge is 0.496 e. The number of nitrogens with zero attached hydrogens (tertiary/aromatic N) is 1. The van der Waals surface area contributed by atoms with Gasteiger partial charge in [-0.2, -0.15) is 11.8 Å².